The summed E-state index contributed by atoms with van der Waals surface area (Å²) < 4.78 is 6.82. The molecule has 1 amide bonds. The average Bonchev–Trinajstić information content (AvgIpc) is 2.63. The number of nitrogen functional groups attached to an aromatic ring is 1. The standard InChI is InChI=1S/C11H18N4O2/c1-11(2-4-17-5-3-11)14-10(16)8-15-7-9(12)6-13-15/h6-7H,2-5,8,12H2,1H3,(H,14,16). The molecule has 0 bridgehead atoms. The lowest BCUT2D eigenvalue weighted by atomic mass is 9.92. The molecule has 1 aliphatic heterocycles. The zero-order valence-corrected chi connectivity index (χ0v) is 9.98. The Bertz CT molecular complexity index is 396. The Hall–Kier alpha value is -1.56. The van der Waals surface area contributed by atoms with Crippen molar-refractivity contribution in [2.24, 2.45) is 0 Å². The summed E-state index contributed by atoms with van der Waals surface area (Å²) in [5, 5.41) is 7.01. The fourth-order valence-corrected chi connectivity index (χ4v) is 1.94. The van der Waals surface area contributed by atoms with E-state index >= 15 is 0 Å². The molecule has 3 N–H and O–H groups in total. The molecule has 6 nitrogen and oxygen atoms in total. The van der Waals surface area contributed by atoms with Crippen LogP contribution in [0.3, 0.4) is 0 Å². The van der Waals surface area contributed by atoms with Crippen LogP contribution in [0.25, 0.3) is 0 Å². The number of hydrogen-bond donors (Lipinski definition) is 2. The summed E-state index contributed by atoms with van der Waals surface area (Å²) in [5.74, 6) is -0.0440. The summed E-state index contributed by atoms with van der Waals surface area (Å²) in [6.07, 6.45) is 4.87. The third kappa shape index (κ3) is 3.20. The van der Waals surface area contributed by atoms with E-state index in [2.05, 4.69) is 10.4 Å². The lowest BCUT2D eigenvalue weighted by Gasteiger charge is -2.34. The molecule has 0 unspecified atom stereocenters. The van der Waals surface area contributed by atoms with Crippen molar-refractivity contribution in [2.75, 3.05) is 18.9 Å². The molecule has 0 spiro atoms. The van der Waals surface area contributed by atoms with Crippen LogP contribution in [0.5, 0.6) is 0 Å². The number of nitrogens with two attached hydrogens (primary N) is 1. The first-order valence-corrected chi connectivity index (χ1v) is 5.74. The summed E-state index contributed by atoms with van der Waals surface area (Å²) in [7, 11) is 0. The Morgan fingerprint density at radius 2 is 2.35 bits per heavy atom. The number of nitrogens with one attached hydrogen (secondary N) is 1. The molecular weight excluding hydrogens is 220 g/mol. The number of nitrogens with zero attached hydrogens (tertiary/aromatic N) is 2. The second-order valence-electron chi connectivity index (χ2n) is 4.69. The predicted octanol–water partition coefficient (Wildman–Crippen LogP) is 0.151. The van der Waals surface area contributed by atoms with Gasteiger partial charge >= 0.3 is 0 Å². The van der Waals surface area contributed by atoms with Crippen LogP contribution >= 0.6 is 0 Å². The molecule has 94 valence electrons. The molecule has 1 saturated heterocycles. The zero-order chi connectivity index (χ0) is 12.3. The van der Waals surface area contributed by atoms with E-state index in [-0.39, 0.29) is 18.0 Å². The molecule has 0 atom stereocenters. The van der Waals surface area contributed by atoms with Gasteiger partial charge in [0.15, 0.2) is 0 Å². The Kier molecular flexibility index (Phi) is 3.33. The van der Waals surface area contributed by atoms with Crippen LogP contribution in [0.1, 0.15) is 19.8 Å². The molecule has 0 saturated carbocycles. The molecular formula is C11H18N4O2. The minimum absolute atomic E-state index is 0.0440. The van der Waals surface area contributed by atoms with Crippen molar-refractivity contribution in [3.63, 3.8) is 0 Å². The third-order valence-electron chi connectivity index (χ3n) is 3.00. The maximum absolute atomic E-state index is 11.8. The smallest absolute Gasteiger partial charge is 0.242 e. The fourth-order valence-electron chi connectivity index (χ4n) is 1.94. The molecule has 1 aromatic heterocycles. The molecule has 2 rings (SSSR count). The van der Waals surface area contributed by atoms with Gasteiger partial charge in [-0.2, -0.15) is 5.10 Å². The lowest BCUT2D eigenvalue weighted by molar-refractivity contribution is -0.124. The van der Waals surface area contributed by atoms with E-state index in [9.17, 15) is 4.79 Å². The van der Waals surface area contributed by atoms with Gasteiger partial charge in [0.1, 0.15) is 6.54 Å². The van der Waals surface area contributed by atoms with Gasteiger partial charge in [0.05, 0.1) is 11.9 Å². The number of aromatic nitrogens is 2. The van der Waals surface area contributed by atoms with Crippen molar-refractivity contribution in [1.29, 1.82) is 0 Å². The van der Waals surface area contributed by atoms with Crippen molar-refractivity contribution in [1.82, 2.24) is 15.1 Å². The van der Waals surface area contributed by atoms with Crippen LogP contribution in [0.4, 0.5) is 5.69 Å². The lowest BCUT2D eigenvalue weighted by Crippen LogP contribution is -2.50. The highest BCUT2D eigenvalue weighted by Gasteiger charge is 2.28. The number of ether oxygens (including phenoxy) is 1. The van der Waals surface area contributed by atoms with Gasteiger partial charge in [-0.15, -0.1) is 0 Å². The molecule has 1 fully saturated rings. The maximum atomic E-state index is 11.8. The highest BCUT2D eigenvalue weighted by atomic mass is 16.5. The Balaban J connectivity index is 1.88. The van der Waals surface area contributed by atoms with E-state index < -0.39 is 0 Å². The van der Waals surface area contributed by atoms with Gasteiger partial charge in [0.25, 0.3) is 0 Å². The van der Waals surface area contributed by atoms with Crippen LogP contribution in [0.2, 0.25) is 0 Å². The van der Waals surface area contributed by atoms with Crippen LogP contribution in [-0.4, -0.2) is 34.4 Å². The Morgan fingerprint density at radius 3 is 2.94 bits per heavy atom. The van der Waals surface area contributed by atoms with E-state index in [0.717, 1.165) is 12.8 Å². The van der Waals surface area contributed by atoms with E-state index in [1.165, 1.54) is 10.9 Å². The summed E-state index contributed by atoms with van der Waals surface area (Å²) in [5.41, 5.74) is 5.94. The minimum atomic E-state index is -0.159. The first-order valence-electron chi connectivity index (χ1n) is 5.74. The molecule has 2 heterocycles. The maximum Gasteiger partial charge on any atom is 0.242 e. The largest absolute Gasteiger partial charge is 0.396 e. The minimum Gasteiger partial charge on any atom is -0.396 e. The second kappa shape index (κ2) is 4.75. The third-order valence-corrected chi connectivity index (χ3v) is 3.00. The summed E-state index contributed by atoms with van der Waals surface area (Å²) in [6.45, 7) is 3.65. The van der Waals surface area contributed by atoms with Gasteiger partial charge in [-0.3, -0.25) is 9.48 Å². The molecule has 0 radical (unpaired) electrons. The summed E-state index contributed by atoms with van der Waals surface area (Å²) >= 11 is 0. The van der Waals surface area contributed by atoms with Crippen LogP contribution < -0.4 is 11.1 Å². The van der Waals surface area contributed by atoms with Gasteiger partial charge in [-0.25, -0.2) is 0 Å². The predicted molar refractivity (Wildman–Crippen MR) is 63.2 cm³/mol. The first kappa shape index (κ1) is 11.9. The van der Waals surface area contributed by atoms with Crippen molar-refractivity contribution < 1.29 is 9.53 Å². The Morgan fingerprint density at radius 1 is 1.65 bits per heavy atom. The van der Waals surface area contributed by atoms with Gasteiger partial charge in [0.2, 0.25) is 5.91 Å². The van der Waals surface area contributed by atoms with E-state index in [1.54, 1.807) is 6.20 Å². The molecule has 1 aromatic rings. The summed E-state index contributed by atoms with van der Waals surface area (Å²) in [6, 6.07) is 0. The molecule has 6 heteroatoms. The number of amides is 1. The second-order valence-corrected chi connectivity index (χ2v) is 4.69. The average molecular weight is 238 g/mol. The van der Waals surface area contributed by atoms with E-state index in [0.29, 0.717) is 18.9 Å². The normalized spacial score (nSPS) is 18.9. The Labute approximate surface area is 100 Å². The van der Waals surface area contributed by atoms with E-state index in [4.69, 9.17) is 10.5 Å². The first-order chi connectivity index (χ1) is 8.07. The van der Waals surface area contributed by atoms with Gasteiger partial charge in [-0.1, -0.05) is 0 Å². The van der Waals surface area contributed by atoms with Crippen LogP contribution in [-0.2, 0) is 16.1 Å². The van der Waals surface area contributed by atoms with Gasteiger partial charge in [0, 0.05) is 24.9 Å². The monoisotopic (exact) mass is 238 g/mol. The topological polar surface area (TPSA) is 82.2 Å². The molecule has 0 aliphatic carbocycles. The number of rotatable bonds is 3. The van der Waals surface area contributed by atoms with Gasteiger partial charge in [-0.05, 0) is 19.8 Å². The van der Waals surface area contributed by atoms with Crippen molar-refractivity contribution in [3.8, 4) is 0 Å². The highest BCUT2D eigenvalue weighted by Crippen LogP contribution is 2.19. The zero-order valence-electron chi connectivity index (χ0n) is 9.98. The van der Waals surface area contributed by atoms with Crippen molar-refractivity contribution >= 4 is 11.6 Å². The number of carbonyl (C=O) groups excluding carboxylic acids is 1. The number of hydrogen-bond acceptors (Lipinski definition) is 4. The molecule has 17 heavy (non-hydrogen) atoms. The van der Waals surface area contributed by atoms with Crippen LogP contribution in [0, 0.1) is 0 Å². The molecule has 0 aromatic carbocycles. The number of carbonyl (C=O) groups is 1. The SMILES string of the molecule is CC1(NC(=O)Cn2cc(N)cn2)CCOCC1. The molecule has 1 aliphatic rings. The highest BCUT2D eigenvalue weighted by molar-refractivity contribution is 5.76. The number of anilines is 1. The summed E-state index contributed by atoms with van der Waals surface area (Å²) in [4.78, 5) is 11.8. The van der Waals surface area contributed by atoms with Crippen molar-refractivity contribution in [3.05, 3.63) is 12.4 Å². The van der Waals surface area contributed by atoms with E-state index in [1.807, 2.05) is 6.92 Å². The quantitative estimate of drug-likeness (QED) is 0.785. The van der Waals surface area contributed by atoms with Crippen molar-refractivity contribution in [2.45, 2.75) is 31.8 Å². The fraction of sp³-hybridized carbons (Fsp3) is 0.636. The van der Waals surface area contributed by atoms with Crippen LogP contribution in [0.15, 0.2) is 12.4 Å². The van der Waals surface area contributed by atoms with Gasteiger partial charge < -0.3 is 15.8 Å².